The van der Waals surface area contributed by atoms with E-state index in [-0.39, 0.29) is 30.1 Å². The SMILES string of the molecule is CC(c1ccc(F)cc1)N(C)C(=O)CC(NC(=O)c1ccccc1)c1ccccc1. The van der Waals surface area contributed by atoms with Crippen molar-refractivity contribution in [3.05, 3.63) is 107 Å². The number of hydrogen-bond acceptors (Lipinski definition) is 2. The number of halogens is 1. The Balaban J connectivity index is 1.76. The van der Waals surface area contributed by atoms with Crippen LogP contribution in [-0.2, 0) is 4.79 Å². The quantitative estimate of drug-likeness (QED) is 0.608. The number of carbonyl (C=O) groups is 2. The average Bonchev–Trinajstić information content (AvgIpc) is 2.79. The second kappa shape index (κ2) is 9.83. The molecule has 1 N–H and O–H groups in total. The summed E-state index contributed by atoms with van der Waals surface area (Å²) in [6, 6.07) is 23.8. The largest absolute Gasteiger partial charge is 0.345 e. The Hall–Kier alpha value is -3.47. The summed E-state index contributed by atoms with van der Waals surface area (Å²) in [6.07, 6.45) is 0.116. The molecule has 0 heterocycles. The van der Waals surface area contributed by atoms with Gasteiger partial charge in [0.25, 0.3) is 5.91 Å². The van der Waals surface area contributed by atoms with E-state index in [4.69, 9.17) is 0 Å². The maximum atomic E-state index is 13.2. The van der Waals surface area contributed by atoms with Crippen LogP contribution in [0.1, 0.15) is 46.9 Å². The molecule has 0 aromatic heterocycles. The molecule has 0 spiro atoms. The van der Waals surface area contributed by atoms with Crippen molar-refractivity contribution >= 4 is 11.8 Å². The Labute approximate surface area is 176 Å². The van der Waals surface area contributed by atoms with E-state index in [0.29, 0.717) is 5.56 Å². The van der Waals surface area contributed by atoms with Crippen LogP contribution in [0.5, 0.6) is 0 Å². The van der Waals surface area contributed by atoms with Crippen molar-refractivity contribution in [1.29, 1.82) is 0 Å². The number of nitrogens with one attached hydrogen (secondary N) is 1. The third-order valence-corrected chi connectivity index (χ3v) is 5.25. The van der Waals surface area contributed by atoms with E-state index in [1.807, 2.05) is 43.3 Å². The lowest BCUT2D eigenvalue weighted by Gasteiger charge is -2.28. The van der Waals surface area contributed by atoms with Gasteiger partial charge in [0.05, 0.1) is 18.5 Å². The molecule has 2 amide bonds. The van der Waals surface area contributed by atoms with E-state index < -0.39 is 6.04 Å². The zero-order chi connectivity index (χ0) is 21.5. The van der Waals surface area contributed by atoms with Gasteiger partial charge in [0.15, 0.2) is 0 Å². The van der Waals surface area contributed by atoms with Crippen molar-refractivity contribution in [3.8, 4) is 0 Å². The minimum absolute atomic E-state index is 0.116. The molecule has 0 bridgehead atoms. The summed E-state index contributed by atoms with van der Waals surface area (Å²) < 4.78 is 13.2. The smallest absolute Gasteiger partial charge is 0.251 e. The van der Waals surface area contributed by atoms with E-state index in [0.717, 1.165) is 11.1 Å². The molecule has 3 aromatic carbocycles. The Morgan fingerprint density at radius 2 is 1.43 bits per heavy atom. The van der Waals surface area contributed by atoms with E-state index in [1.165, 1.54) is 12.1 Å². The van der Waals surface area contributed by atoms with Gasteiger partial charge >= 0.3 is 0 Å². The van der Waals surface area contributed by atoms with Gasteiger partial charge in [0.2, 0.25) is 5.91 Å². The molecule has 0 saturated heterocycles. The molecule has 4 nitrogen and oxygen atoms in total. The summed E-state index contributed by atoms with van der Waals surface area (Å²) in [7, 11) is 1.72. The highest BCUT2D eigenvalue weighted by atomic mass is 19.1. The predicted octanol–water partition coefficient (Wildman–Crippen LogP) is 4.91. The van der Waals surface area contributed by atoms with Crippen LogP contribution in [0.2, 0.25) is 0 Å². The van der Waals surface area contributed by atoms with Gasteiger partial charge in [0, 0.05) is 12.6 Å². The Morgan fingerprint density at radius 3 is 2.03 bits per heavy atom. The summed E-state index contributed by atoms with van der Waals surface area (Å²) >= 11 is 0. The van der Waals surface area contributed by atoms with Gasteiger partial charge in [-0.05, 0) is 42.3 Å². The first kappa shape index (κ1) is 21.2. The van der Waals surface area contributed by atoms with Crippen molar-refractivity contribution in [2.45, 2.75) is 25.4 Å². The Kier molecular flexibility index (Phi) is 6.96. The van der Waals surface area contributed by atoms with Gasteiger partial charge in [-0.25, -0.2) is 4.39 Å². The number of amides is 2. The molecule has 0 aliphatic rings. The highest BCUT2D eigenvalue weighted by molar-refractivity contribution is 5.94. The van der Waals surface area contributed by atoms with Crippen LogP contribution < -0.4 is 5.32 Å². The van der Waals surface area contributed by atoms with Crippen LogP contribution in [0.4, 0.5) is 4.39 Å². The number of carbonyl (C=O) groups excluding carboxylic acids is 2. The third kappa shape index (κ3) is 5.32. The van der Waals surface area contributed by atoms with E-state index in [1.54, 1.807) is 48.3 Å². The van der Waals surface area contributed by atoms with Gasteiger partial charge in [-0.1, -0.05) is 60.7 Å². The lowest BCUT2D eigenvalue weighted by atomic mass is 10.0. The molecule has 0 saturated carbocycles. The fraction of sp³-hybridized carbons (Fsp3) is 0.200. The summed E-state index contributed by atoms with van der Waals surface area (Å²) in [5.74, 6) is -0.659. The second-order valence-corrected chi connectivity index (χ2v) is 7.24. The number of hydrogen-bond donors (Lipinski definition) is 1. The summed E-state index contributed by atoms with van der Waals surface area (Å²) in [5.41, 5.74) is 2.24. The Morgan fingerprint density at radius 1 is 0.867 bits per heavy atom. The zero-order valence-electron chi connectivity index (χ0n) is 17.1. The maximum absolute atomic E-state index is 13.2. The van der Waals surface area contributed by atoms with Gasteiger partial charge < -0.3 is 10.2 Å². The van der Waals surface area contributed by atoms with Crippen LogP contribution in [0.25, 0.3) is 0 Å². The molecule has 0 aliphatic carbocycles. The number of rotatable bonds is 7. The lowest BCUT2D eigenvalue weighted by Crippen LogP contribution is -2.35. The normalized spacial score (nSPS) is 12.6. The molecule has 30 heavy (non-hydrogen) atoms. The minimum atomic E-state index is -0.464. The molecule has 2 atom stereocenters. The molecular formula is C25H25FN2O2. The number of benzene rings is 3. The molecular weight excluding hydrogens is 379 g/mol. The average molecular weight is 404 g/mol. The van der Waals surface area contributed by atoms with Crippen molar-refractivity contribution in [1.82, 2.24) is 10.2 Å². The molecule has 3 aromatic rings. The lowest BCUT2D eigenvalue weighted by molar-refractivity contribution is -0.132. The molecule has 5 heteroatoms. The fourth-order valence-electron chi connectivity index (χ4n) is 3.27. The van der Waals surface area contributed by atoms with Gasteiger partial charge in [0.1, 0.15) is 5.82 Å². The standard InChI is InChI=1S/C25H25FN2O2/c1-18(19-13-15-22(26)16-14-19)28(2)24(29)17-23(20-9-5-3-6-10-20)27-25(30)21-11-7-4-8-12-21/h3-16,18,23H,17H2,1-2H3,(H,27,30). The first-order valence-corrected chi connectivity index (χ1v) is 9.87. The highest BCUT2D eigenvalue weighted by Gasteiger charge is 2.24. The molecule has 0 aliphatic heterocycles. The van der Waals surface area contributed by atoms with Gasteiger partial charge in [-0.2, -0.15) is 0 Å². The summed E-state index contributed by atoms with van der Waals surface area (Å²) in [5, 5.41) is 2.99. The van der Waals surface area contributed by atoms with Crippen LogP contribution in [0.15, 0.2) is 84.9 Å². The van der Waals surface area contributed by atoms with Crippen LogP contribution >= 0.6 is 0 Å². The first-order chi connectivity index (χ1) is 14.5. The van der Waals surface area contributed by atoms with E-state index >= 15 is 0 Å². The number of nitrogens with zero attached hydrogens (tertiary/aromatic N) is 1. The van der Waals surface area contributed by atoms with Crippen LogP contribution in [0, 0.1) is 5.82 Å². The van der Waals surface area contributed by atoms with E-state index in [9.17, 15) is 14.0 Å². The summed E-state index contributed by atoms with van der Waals surface area (Å²) in [6.45, 7) is 1.89. The van der Waals surface area contributed by atoms with Crippen molar-refractivity contribution < 1.29 is 14.0 Å². The molecule has 2 unspecified atom stereocenters. The van der Waals surface area contributed by atoms with E-state index in [2.05, 4.69) is 5.32 Å². The second-order valence-electron chi connectivity index (χ2n) is 7.24. The molecule has 0 fully saturated rings. The monoisotopic (exact) mass is 404 g/mol. The van der Waals surface area contributed by atoms with Crippen molar-refractivity contribution in [2.24, 2.45) is 0 Å². The van der Waals surface area contributed by atoms with Gasteiger partial charge in [-0.3, -0.25) is 9.59 Å². The topological polar surface area (TPSA) is 49.4 Å². The van der Waals surface area contributed by atoms with Crippen molar-refractivity contribution in [3.63, 3.8) is 0 Å². The molecule has 3 rings (SSSR count). The predicted molar refractivity (Wildman–Crippen MR) is 115 cm³/mol. The third-order valence-electron chi connectivity index (χ3n) is 5.25. The van der Waals surface area contributed by atoms with Gasteiger partial charge in [-0.15, -0.1) is 0 Å². The maximum Gasteiger partial charge on any atom is 0.251 e. The minimum Gasteiger partial charge on any atom is -0.345 e. The Bertz CT molecular complexity index is 975. The molecule has 154 valence electrons. The first-order valence-electron chi connectivity index (χ1n) is 9.87. The molecule has 0 radical (unpaired) electrons. The summed E-state index contributed by atoms with van der Waals surface area (Å²) in [4.78, 5) is 27.3. The zero-order valence-corrected chi connectivity index (χ0v) is 17.1. The highest BCUT2D eigenvalue weighted by Crippen LogP contribution is 2.23. The van der Waals surface area contributed by atoms with Crippen molar-refractivity contribution in [2.75, 3.05) is 7.05 Å². The van der Waals surface area contributed by atoms with Crippen LogP contribution in [-0.4, -0.2) is 23.8 Å². The van der Waals surface area contributed by atoms with Crippen LogP contribution in [0.3, 0.4) is 0 Å². The fourth-order valence-corrected chi connectivity index (χ4v) is 3.27.